The Kier molecular flexibility index (Phi) is 4.91. The van der Waals surface area contributed by atoms with E-state index in [2.05, 4.69) is 41.4 Å². The van der Waals surface area contributed by atoms with Crippen molar-refractivity contribution in [3.8, 4) is 0 Å². The molecular weight excluding hydrogens is 382 g/mol. The number of aromatic nitrogens is 3. The van der Waals surface area contributed by atoms with E-state index in [1.54, 1.807) is 16.9 Å². The Morgan fingerprint density at radius 2 is 2.10 bits per heavy atom. The molecule has 4 rings (SSSR count). The topological polar surface area (TPSA) is 98.5 Å². The summed E-state index contributed by atoms with van der Waals surface area (Å²) < 4.78 is 6.94. The highest BCUT2D eigenvalue weighted by Crippen LogP contribution is 2.63. The van der Waals surface area contributed by atoms with Gasteiger partial charge in [0.1, 0.15) is 0 Å². The lowest BCUT2D eigenvalue weighted by Crippen LogP contribution is -2.34. The van der Waals surface area contributed by atoms with E-state index in [4.69, 9.17) is 4.74 Å². The third-order valence-electron chi connectivity index (χ3n) is 7.32. The predicted molar refractivity (Wildman–Crippen MR) is 113 cm³/mol. The third-order valence-corrected chi connectivity index (χ3v) is 7.32. The zero-order valence-electron chi connectivity index (χ0n) is 18.2. The minimum absolute atomic E-state index is 0.0170. The van der Waals surface area contributed by atoms with Crippen molar-refractivity contribution in [3.05, 3.63) is 24.0 Å². The number of rotatable bonds is 5. The van der Waals surface area contributed by atoms with E-state index in [0.29, 0.717) is 11.6 Å². The van der Waals surface area contributed by atoms with Crippen LogP contribution in [0.3, 0.4) is 0 Å². The number of hydrogen-bond donors (Lipinski definition) is 1. The van der Waals surface area contributed by atoms with Gasteiger partial charge in [-0.25, -0.2) is 19.9 Å². The van der Waals surface area contributed by atoms with Crippen molar-refractivity contribution in [2.75, 3.05) is 6.61 Å². The average molecular weight is 412 g/mol. The lowest BCUT2D eigenvalue weighted by molar-refractivity contribution is -0.124. The fourth-order valence-electron chi connectivity index (χ4n) is 4.90. The molecule has 2 fully saturated rings. The maximum Gasteiger partial charge on any atom is 0.340 e. The molecule has 2 aliphatic carbocycles. The maximum absolute atomic E-state index is 12.3. The number of pyridine rings is 1. The molecule has 2 unspecified atom stereocenters. The van der Waals surface area contributed by atoms with Gasteiger partial charge < -0.3 is 4.74 Å². The highest BCUT2D eigenvalue weighted by Gasteiger charge is 2.60. The van der Waals surface area contributed by atoms with Gasteiger partial charge in [0.2, 0.25) is 0 Å². The summed E-state index contributed by atoms with van der Waals surface area (Å²) in [6, 6.07) is 1.84. The first-order chi connectivity index (χ1) is 14.1. The quantitative estimate of drug-likeness (QED) is 0.600. The third kappa shape index (κ3) is 3.18. The van der Waals surface area contributed by atoms with Crippen LogP contribution in [0.2, 0.25) is 0 Å². The average Bonchev–Trinajstić information content (AvgIpc) is 3.28. The number of hydrazone groups is 1. The molecule has 2 aromatic heterocycles. The van der Waals surface area contributed by atoms with Gasteiger partial charge in [-0.15, -0.1) is 0 Å². The number of ether oxygens (including phenoxy) is 1. The number of carbonyl (C=O) groups is 2. The summed E-state index contributed by atoms with van der Waals surface area (Å²) in [4.78, 5) is 28.8. The Balaban J connectivity index is 1.35. The van der Waals surface area contributed by atoms with E-state index in [1.807, 2.05) is 13.8 Å². The van der Waals surface area contributed by atoms with Crippen LogP contribution in [0.5, 0.6) is 0 Å². The molecule has 160 valence electrons. The van der Waals surface area contributed by atoms with E-state index in [0.717, 1.165) is 23.9 Å². The van der Waals surface area contributed by atoms with Crippen molar-refractivity contribution in [1.82, 2.24) is 20.2 Å². The fraction of sp³-hybridized carbons (Fsp3) is 0.591. The molecule has 1 amide bonds. The summed E-state index contributed by atoms with van der Waals surface area (Å²) in [6.07, 6.45) is 6.33. The van der Waals surface area contributed by atoms with Crippen LogP contribution in [-0.4, -0.2) is 39.0 Å². The van der Waals surface area contributed by atoms with Crippen molar-refractivity contribution in [3.63, 3.8) is 0 Å². The summed E-state index contributed by atoms with van der Waals surface area (Å²) >= 11 is 0. The molecule has 2 aliphatic rings. The first-order valence-electron chi connectivity index (χ1n) is 10.5. The molecule has 1 N–H and O–H groups in total. The minimum atomic E-state index is -0.600. The lowest BCUT2D eigenvalue weighted by atomic mass is 9.70. The van der Waals surface area contributed by atoms with Crippen LogP contribution in [-0.2, 0) is 9.53 Å². The molecule has 0 spiro atoms. The highest BCUT2D eigenvalue weighted by atomic mass is 16.5. The van der Waals surface area contributed by atoms with Crippen LogP contribution in [0.1, 0.15) is 70.3 Å². The van der Waals surface area contributed by atoms with Crippen LogP contribution < -0.4 is 5.43 Å². The molecule has 0 radical (unpaired) electrons. The summed E-state index contributed by atoms with van der Waals surface area (Å²) in [6.45, 7) is 10.4. The van der Waals surface area contributed by atoms with E-state index < -0.39 is 11.9 Å². The van der Waals surface area contributed by atoms with Gasteiger partial charge in [0.05, 0.1) is 11.8 Å². The highest BCUT2D eigenvalue weighted by molar-refractivity contribution is 5.96. The Morgan fingerprint density at radius 1 is 1.33 bits per heavy atom. The van der Waals surface area contributed by atoms with Gasteiger partial charge in [0, 0.05) is 28.8 Å². The molecule has 2 atom stereocenters. The molecule has 0 saturated heterocycles. The Morgan fingerprint density at radius 3 is 2.73 bits per heavy atom. The number of hydrogen-bond acceptors (Lipinski definition) is 6. The van der Waals surface area contributed by atoms with Crippen molar-refractivity contribution in [2.24, 2.45) is 21.8 Å². The fourth-order valence-corrected chi connectivity index (χ4v) is 4.90. The van der Waals surface area contributed by atoms with E-state index in [1.165, 1.54) is 12.6 Å². The Hall–Kier alpha value is -2.77. The molecule has 0 aromatic carbocycles. The monoisotopic (exact) mass is 411 g/mol. The molecule has 30 heavy (non-hydrogen) atoms. The number of carbonyl (C=O) groups excluding carboxylic acids is 2. The number of nitrogens with one attached hydrogen (secondary N) is 1. The SMILES string of the molecule is CC(C)n1ncc2cc(C(=O)OCC(=O)N/N=C3\CC4CCC3(C)C4(C)C)cnc21. The van der Waals surface area contributed by atoms with Crippen molar-refractivity contribution >= 4 is 28.6 Å². The molecule has 8 heteroatoms. The number of amides is 1. The molecule has 2 saturated carbocycles. The standard InChI is InChI=1S/C22H29N5O3/c1-13(2)27-19-14(11-24-27)8-15(10-23-19)20(29)30-12-18(28)26-25-17-9-16-6-7-22(17,5)21(16,3)4/h8,10-11,13,16H,6-7,9,12H2,1-5H3,(H,26,28)/b25-17+. The van der Waals surface area contributed by atoms with Crippen LogP contribution in [0.4, 0.5) is 0 Å². The first-order valence-corrected chi connectivity index (χ1v) is 10.5. The zero-order valence-corrected chi connectivity index (χ0v) is 18.2. The van der Waals surface area contributed by atoms with Gasteiger partial charge in [0.25, 0.3) is 5.91 Å². The Bertz CT molecular complexity index is 1040. The number of nitrogens with zero attached hydrogens (tertiary/aromatic N) is 4. The smallest absolute Gasteiger partial charge is 0.340 e. The maximum atomic E-state index is 12.3. The summed E-state index contributed by atoms with van der Waals surface area (Å²) in [5.74, 6) is -0.433. The van der Waals surface area contributed by atoms with E-state index >= 15 is 0 Å². The summed E-state index contributed by atoms with van der Waals surface area (Å²) in [5, 5.41) is 9.42. The van der Waals surface area contributed by atoms with Crippen LogP contribution >= 0.6 is 0 Å². The van der Waals surface area contributed by atoms with Crippen LogP contribution in [0.15, 0.2) is 23.6 Å². The summed E-state index contributed by atoms with van der Waals surface area (Å²) in [5.41, 5.74) is 4.81. The van der Waals surface area contributed by atoms with E-state index in [9.17, 15) is 9.59 Å². The lowest BCUT2D eigenvalue weighted by Gasteiger charge is -2.34. The molecule has 2 heterocycles. The first kappa shape index (κ1) is 20.5. The predicted octanol–water partition coefficient (Wildman–Crippen LogP) is 3.49. The van der Waals surface area contributed by atoms with Gasteiger partial charge in [-0.2, -0.15) is 10.2 Å². The van der Waals surface area contributed by atoms with Crippen molar-refractivity contribution in [1.29, 1.82) is 0 Å². The van der Waals surface area contributed by atoms with Gasteiger partial charge in [-0.1, -0.05) is 20.8 Å². The summed E-state index contributed by atoms with van der Waals surface area (Å²) in [7, 11) is 0. The molecule has 0 aliphatic heterocycles. The van der Waals surface area contributed by atoms with E-state index in [-0.39, 0.29) is 29.0 Å². The second kappa shape index (κ2) is 7.18. The van der Waals surface area contributed by atoms with Gasteiger partial charge in [-0.05, 0) is 50.5 Å². The molecular formula is C22H29N5O3. The second-order valence-electron chi connectivity index (χ2n) is 9.48. The zero-order chi connectivity index (χ0) is 21.7. The van der Waals surface area contributed by atoms with Crippen molar-refractivity contribution < 1.29 is 14.3 Å². The Labute approximate surface area is 176 Å². The van der Waals surface area contributed by atoms with Gasteiger partial charge in [0.15, 0.2) is 12.3 Å². The van der Waals surface area contributed by atoms with Gasteiger partial charge >= 0.3 is 5.97 Å². The normalized spacial score (nSPS) is 25.9. The molecule has 2 bridgehead atoms. The second-order valence-corrected chi connectivity index (χ2v) is 9.48. The molecule has 8 nitrogen and oxygen atoms in total. The largest absolute Gasteiger partial charge is 0.452 e. The minimum Gasteiger partial charge on any atom is -0.452 e. The molecule has 2 aromatic rings. The number of esters is 1. The van der Waals surface area contributed by atoms with Crippen LogP contribution in [0, 0.1) is 16.7 Å². The number of fused-ring (bicyclic) bond motifs is 3. The van der Waals surface area contributed by atoms with Gasteiger partial charge in [-0.3, -0.25) is 4.79 Å². The van der Waals surface area contributed by atoms with Crippen LogP contribution in [0.25, 0.3) is 11.0 Å². The van der Waals surface area contributed by atoms with Crippen molar-refractivity contribution in [2.45, 2.75) is 59.9 Å².